The molecule has 0 aromatic heterocycles. The lowest BCUT2D eigenvalue weighted by Gasteiger charge is -2.18. The zero-order valence-electron chi connectivity index (χ0n) is 11.2. The second-order valence-electron chi connectivity index (χ2n) is 5.12. The highest BCUT2D eigenvalue weighted by atomic mass is 35.5. The van der Waals surface area contributed by atoms with Crippen LogP contribution in [0.1, 0.15) is 38.2 Å². The molecule has 3 heteroatoms. The third-order valence-corrected chi connectivity index (χ3v) is 3.87. The number of benzene rings is 1. The van der Waals surface area contributed by atoms with Crippen LogP contribution in [-0.4, -0.2) is 13.2 Å². The van der Waals surface area contributed by atoms with E-state index >= 15 is 0 Å². The normalized spacial score (nSPS) is 16.6. The molecule has 2 nitrogen and oxygen atoms in total. The van der Waals surface area contributed by atoms with E-state index in [0.29, 0.717) is 6.04 Å². The maximum Gasteiger partial charge on any atom is 0.123 e. The van der Waals surface area contributed by atoms with Gasteiger partial charge in [0.25, 0.3) is 0 Å². The lowest BCUT2D eigenvalue weighted by molar-refractivity contribution is 0.399. The number of ether oxygens (including phenoxy) is 1. The molecule has 1 fully saturated rings. The van der Waals surface area contributed by atoms with Gasteiger partial charge in [-0.3, -0.25) is 0 Å². The predicted octanol–water partition coefficient (Wildman–Crippen LogP) is 4.02. The Hall–Kier alpha value is -0.730. The summed E-state index contributed by atoms with van der Waals surface area (Å²) in [5, 5.41) is 4.39. The molecule has 1 aliphatic carbocycles. The quantitative estimate of drug-likeness (QED) is 0.806. The Morgan fingerprint density at radius 2 is 2.22 bits per heavy atom. The van der Waals surface area contributed by atoms with Crippen LogP contribution in [0.2, 0.25) is 5.02 Å². The average molecular weight is 268 g/mol. The fourth-order valence-corrected chi connectivity index (χ4v) is 2.48. The highest BCUT2D eigenvalue weighted by molar-refractivity contribution is 6.30. The number of rotatable bonds is 7. The number of halogens is 1. The first kappa shape index (κ1) is 13.7. The van der Waals surface area contributed by atoms with Crippen LogP contribution < -0.4 is 10.1 Å². The monoisotopic (exact) mass is 267 g/mol. The van der Waals surface area contributed by atoms with E-state index in [-0.39, 0.29) is 0 Å². The van der Waals surface area contributed by atoms with Crippen LogP contribution in [0.4, 0.5) is 0 Å². The fraction of sp³-hybridized carbons (Fsp3) is 0.600. The lowest BCUT2D eigenvalue weighted by Crippen LogP contribution is -2.28. The molecule has 1 aromatic rings. The van der Waals surface area contributed by atoms with Crippen molar-refractivity contribution in [2.45, 2.75) is 45.2 Å². The van der Waals surface area contributed by atoms with E-state index < -0.39 is 0 Å². The van der Waals surface area contributed by atoms with Gasteiger partial charge in [-0.15, -0.1) is 0 Å². The fourth-order valence-electron chi connectivity index (χ4n) is 2.29. The van der Waals surface area contributed by atoms with Crippen LogP contribution in [0, 0.1) is 5.92 Å². The van der Waals surface area contributed by atoms with Gasteiger partial charge in [0.1, 0.15) is 5.75 Å². The van der Waals surface area contributed by atoms with E-state index in [1.807, 2.05) is 18.2 Å². The Balaban J connectivity index is 1.92. The molecular formula is C15H22ClNO. The first-order valence-electron chi connectivity index (χ1n) is 6.78. The van der Waals surface area contributed by atoms with Crippen molar-refractivity contribution in [3.63, 3.8) is 0 Å². The van der Waals surface area contributed by atoms with Crippen molar-refractivity contribution in [3.05, 3.63) is 28.8 Å². The summed E-state index contributed by atoms with van der Waals surface area (Å²) in [4.78, 5) is 0. The topological polar surface area (TPSA) is 21.3 Å². The minimum absolute atomic E-state index is 0.612. The van der Waals surface area contributed by atoms with E-state index in [1.165, 1.54) is 25.7 Å². The number of hydrogen-bond donors (Lipinski definition) is 1. The Labute approximate surface area is 115 Å². The van der Waals surface area contributed by atoms with Crippen LogP contribution >= 0.6 is 11.6 Å². The van der Waals surface area contributed by atoms with E-state index in [9.17, 15) is 0 Å². The molecule has 0 amide bonds. The van der Waals surface area contributed by atoms with Crippen molar-refractivity contribution in [1.29, 1.82) is 0 Å². The second-order valence-corrected chi connectivity index (χ2v) is 5.56. The molecule has 0 aliphatic heterocycles. The molecule has 1 aromatic carbocycles. The Morgan fingerprint density at radius 3 is 2.83 bits per heavy atom. The van der Waals surface area contributed by atoms with Gasteiger partial charge in [0.2, 0.25) is 0 Å². The van der Waals surface area contributed by atoms with Gasteiger partial charge in [0, 0.05) is 23.2 Å². The lowest BCUT2D eigenvalue weighted by atomic mass is 10.1. The maximum atomic E-state index is 6.03. The molecule has 0 saturated heterocycles. The van der Waals surface area contributed by atoms with Gasteiger partial charge >= 0.3 is 0 Å². The van der Waals surface area contributed by atoms with Crippen LogP contribution in [0.25, 0.3) is 0 Å². The van der Waals surface area contributed by atoms with Gasteiger partial charge < -0.3 is 10.1 Å². The number of methoxy groups -OCH3 is 1. The third-order valence-electron chi connectivity index (χ3n) is 3.63. The van der Waals surface area contributed by atoms with E-state index in [2.05, 4.69) is 12.2 Å². The van der Waals surface area contributed by atoms with Crippen molar-refractivity contribution >= 4 is 11.6 Å². The van der Waals surface area contributed by atoms with E-state index in [0.717, 1.165) is 28.8 Å². The maximum absolute atomic E-state index is 6.03. The first-order chi connectivity index (χ1) is 8.72. The summed E-state index contributed by atoms with van der Waals surface area (Å²) in [6.07, 6.45) is 5.32. The number of hydrogen-bond acceptors (Lipinski definition) is 2. The zero-order valence-corrected chi connectivity index (χ0v) is 12.0. The zero-order chi connectivity index (χ0) is 13.0. The SMILES string of the molecule is CCC(CC1CC1)NCc1cc(Cl)ccc1OC. The molecular weight excluding hydrogens is 246 g/mol. The summed E-state index contributed by atoms with van der Waals surface area (Å²) < 4.78 is 5.36. The predicted molar refractivity (Wildman–Crippen MR) is 76.3 cm³/mol. The molecule has 1 aliphatic rings. The molecule has 1 unspecified atom stereocenters. The second kappa shape index (κ2) is 6.44. The third kappa shape index (κ3) is 3.89. The molecule has 100 valence electrons. The summed E-state index contributed by atoms with van der Waals surface area (Å²) in [6, 6.07) is 6.39. The molecule has 0 spiro atoms. The standard InChI is InChI=1S/C15H22ClNO/c1-3-14(8-11-4-5-11)17-10-12-9-13(16)6-7-15(12)18-2/h6-7,9,11,14,17H,3-5,8,10H2,1-2H3. The highest BCUT2D eigenvalue weighted by Crippen LogP contribution is 2.34. The van der Waals surface area contributed by atoms with Crippen molar-refractivity contribution in [2.75, 3.05) is 7.11 Å². The van der Waals surface area contributed by atoms with E-state index in [1.54, 1.807) is 7.11 Å². The van der Waals surface area contributed by atoms with Crippen LogP contribution in [0.3, 0.4) is 0 Å². The van der Waals surface area contributed by atoms with Crippen LogP contribution in [0.5, 0.6) is 5.75 Å². The van der Waals surface area contributed by atoms with Crippen molar-refractivity contribution in [1.82, 2.24) is 5.32 Å². The molecule has 1 N–H and O–H groups in total. The molecule has 0 bridgehead atoms. The van der Waals surface area contributed by atoms with Gasteiger partial charge in [-0.2, -0.15) is 0 Å². The average Bonchev–Trinajstić information content (AvgIpc) is 3.18. The summed E-state index contributed by atoms with van der Waals surface area (Å²) in [6.45, 7) is 3.07. The summed E-state index contributed by atoms with van der Waals surface area (Å²) in [5.74, 6) is 1.87. The van der Waals surface area contributed by atoms with Crippen LogP contribution in [-0.2, 0) is 6.54 Å². The summed E-state index contributed by atoms with van der Waals surface area (Å²) in [5.41, 5.74) is 1.14. The number of nitrogens with one attached hydrogen (secondary N) is 1. The first-order valence-corrected chi connectivity index (χ1v) is 7.16. The van der Waals surface area contributed by atoms with Gasteiger partial charge in [0.05, 0.1) is 7.11 Å². The Bertz CT molecular complexity index is 390. The van der Waals surface area contributed by atoms with Gasteiger partial charge in [0.15, 0.2) is 0 Å². The van der Waals surface area contributed by atoms with Gasteiger partial charge in [-0.05, 0) is 37.0 Å². The highest BCUT2D eigenvalue weighted by Gasteiger charge is 2.24. The van der Waals surface area contributed by atoms with Crippen molar-refractivity contribution in [2.24, 2.45) is 5.92 Å². The minimum Gasteiger partial charge on any atom is -0.496 e. The van der Waals surface area contributed by atoms with Crippen molar-refractivity contribution < 1.29 is 4.74 Å². The van der Waals surface area contributed by atoms with Gasteiger partial charge in [-0.1, -0.05) is 31.4 Å². The molecule has 0 radical (unpaired) electrons. The summed E-state index contributed by atoms with van der Waals surface area (Å²) in [7, 11) is 1.70. The molecule has 1 atom stereocenters. The molecule has 2 rings (SSSR count). The van der Waals surface area contributed by atoms with Crippen molar-refractivity contribution in [3.8, 4) is 5.75 Å². The molecule has 1 saturated carbocycles. The van der Waals surface area contributed by atoms with E-state index in [4.69, 9.17) is 16.3 Å². The smallest absolute Gasteiger partial charge is 0.123 e. The van der Waals surface area contributed by atoms with Crippen LogP contribution in [0.15, 0.2) is 18.2 Å². The van der Waals surface area contributed by atoms with Gasteiger partial charge in [-0.25, -0.2) is 0 Å². The Kier molecular flexibility index (Phi) is 4.90. The Morgan fingerprint density at radius 1 is 1.44 bits per heavy atom. The molecule has 18 heavy (non-hydrogen) atoms. The molecule has 0 heterocycles. The summed E-state index contributed by atoms with van der Waals surface area (Å²) >= 11 is 6.03. The minimum atomic E-state index is 0.612. The largest absolute Gasteiger partial charge is 0.496 e.